The van der Waals surface area contributed by atoms with Gasteiger partial charge in [0, 0.05) is 18.3 Å². The van der Waals surface area contributed by atoms with E-state index in [2.05, 4.69) is 9.72 Å². The van der Waals surface area contributed by atoms with Crippen molar-refractivity contribution in [3.05, 3.63) is 64.3 Å². The normalized spacial score (nSPS) is 11.7. The van der Waals surface area contributed by atoms with Crippen molar-refractivity contribution in [3.8, 4) is 0 Å². The van der Waals surface area contributed by atoms with Gasteiger partial charge >= 0.3 is 6.16 Å². The molecule has 7 nitrogen and oxygen atoms in total. The molecule has 1 heterocycles. The lowest BCUT2D eigenvalue weighted by atomic mass is 10.1. The van der Waals surface area contributed by atoms with E-state index in [-0.39, 0.29) is 17.5 Å². The monoisotopic (exact) mass is 352 g/mol. The van der Waals surface area contributed by atoms with Crippen molar-refractivity contribution in [1.82, 2.24) is 4.98 Å². The molecule has 1 atom stereocenters. The molecular weight excluding hydrogens is 340 g/mol. The molecule has 2 aromatic rings. The van der Waals surface area contributed by atoms with Gasteiger partial charge in [0.05, 0.1) is 10.2 Å². The number of carbonyl (C=O) groups is 1. The Kier molecular flexibility index (Phi) is 6.24. The second-order valence-corrected chi connectivity index (χ2v) is 6.69. The summed E-state index contributed by atoms with van der Waals surface area (Å²) in [5, 5.41) is 19.8. The van der Waals surface area contributed by atoms with Crippen LogP contribution in [0.2, 0.25) is 0 Å². The number of hydrogen-bond donors (Lipinski definition) is 1. The number of nitrogens with zero attached hydrogens (tertiary/aromatic N) is 2. The van der Waals surface area contributed by atoms with Crippen LogP contribution in [0.1, 0.15) is 10.8 Å². The summed E-state index contributed by atoms with van der Waals surface area (Å²) in [6, 6.07) is 11.5. The van der Waals surface area contributed by atoms with E-state index in [1.807, 2.05) is 12.1 Å². The van der Waals surface area contributed by atoms with Crippen molar-refractivity contribution in [2.45, 2.75) is 10.3 Å². The maximum Gasteiger partial charge on any atom is 0.505 e. The van der Waals surface area contributed by atoms with Gasteiger partial charge in [-0.1, -0.05) is 29.0 Å². The fraction of sp³-hybridized carbons (Fsp3) is 0.143. The Balaban J connectivity index is 2.09. The quantitative estimate of drug-likeness (QED) is 0.343. The van der Waals surface area contributed by atoms with Gasteiger partial charge in [0.25, 0.3) is 5.69 Å². The van der Waals surface area contributed by atoms with Crippen LogP contribution in [0.15, 0.2) is 53.7 Å². The molecule has 0 saturated carbocycles. The van der Waals surface area contributed by atoms with E-state index >= 15 is 0 Å². The highest BCUT2D eigenvalue weighted by molar-refractivity contribution is 8.76. The second-order valence-electron chi connectivity index (χ2n) is 4.26. The Morgan fingerprint density at radius 3 is 2.61 bits per heavy atom. The topological polar surface area (TPSA) is 103 Å². The zero-order valence-electron chi connectivity index (χ0n) is 11.7. The lowest BCUT2D eigenvalue weighted by Gasteiger charge is -2.15. The average Bonchev–Trinajstić information content (AvgIpc) is 2.56. The van der Waals surface area contributed by atoms with Crippen LogP contribution in [-0.4, -0.2) is 27.8 Å². The van der Waals surface area contributed by atoms with E-state index in [0.29, 0.717) is 0 Å². The number of pyridine rings is 1. The van der Waals surface area contributed by atoms with Crippen LogP contribution in [0.25, 0.3) is 0 Å². The van der Waals surface area contributed by atoms with Crippen LogP contribution < -0.4 is 0 Å². The predicted molar refractivity (Wildman–Crippen MR) is 87.5 cm³/mol. The maximum absolute atomic E-state index is 10.7. The van der Waals surface area contributed by atoms with Gasteiger partial charge in [-0.25, -0.2) is 9.78 Å². The molecule has 9 heteroatoms. The number of rotatable bonds is 7. The maximum atomic E-state index is 10.7. The van der Waals surface area contributed by atoms with Crippen LogP contribution in [0.3, 0.4) is 0 Å². The van der Waals surface area contributed by atoms with Crippen molar-refractivity contribution in [2.24, 2.45) is 0 Å². The van der Waals surface area contributed by atoms with Gasteiger partial charge in [-0.3, -0.25) is 10.1 Å². The Bertz CT molecular complexity index is 667. The zero-order chi connectivity index (χ0) is 16.7. The Morgan fingerprint density at radius 2 is 2.04 bits per heavy atom. The molecule has 0 radical (unpaired) electrons. The first kappa shape index (κ1) is 17.1. The predicted octanol–water partition coefficient (Wildman–Crippen LogP) is 4.17. The number of hydrogen-bond acceptors (Lipinski definition) is 7. The van der Waals surface area contributed by atoms with Crippen LogP contribution in [0.4, 0.5) is 10.5 Å². The molecule has 1 unspecified atom stereocenters. The minimum atomic E-state index is -1.36. The van der Waals surface area contributed by atoms with Gasteiger partial charge in [-0.15, -0.1) is 0 Å². The lowest BCUT2D eigenvalue weighted by Crippen LogP contribution is -2.08. The van der Waals surface area contributed by atoms with E-state index in [4.69, 9.17) is 5.11 Å². The smallest absolute Gasteiger partial charge is 0.450 e. The summed E-state index contributed by atoms with van der Waals surface area (Å²) >= 11 is 0. The summed E-state index contributed by atoms with van der Waals surface area (Å²) in [6.45, 7) is -0.0579. The fourth-order valence-corrected chi connectivity index (χ4v) is 3.93. The molecule has 0 amide bonds. The third-order valence-electron chi connectivity index (χ3n) is 2.72. The molecule has 0 saturated heterocycles. The zero-order valence-corrected chi connectivity index (χ0v) is 13.3. The molecular formula is C14H12N2O5S2. The molecule has 1 aromatic carbocycles. The summed E-state index contributed by atoms with van der Waals surface area (Å²) < 4.78 is 4.65. The first-order valence-electron chi connectivity index (χ1n) is 6.40. The van der Waals surface area contributed by atoms with Gasteiger partial charge in [0.2, 0.25) is 0 Å². The van der Waals surface area contributed by atoms with E-state index in [0.717, 1.165) is 10.6 Å². The molecule has 0 bridgehead atoms. The van der Waals surface area contributed by atoms with E-state index in [9.17, 15) is 14.9 Å². The van der Waals surface area contributed by atoms with Crippen molar-refractivity contribution >= 4 is 33.4 Å². The van der Waals surface area contributed by atoms with Crippen LogP contribution in [0, 0.1) is 10.1 Å². The van der Waals surface area contributed by atoms with Gasteiger partial charge in [-0.05, 0) is 28.5 Å². The third kappa shape index (κ3) is 5.46. The summed E-state index contributed by atoms with van der Waals surface area (Å²) in [4.78, 5) is 25.0. The summed E-state index contributed by atoms with van der Waals surface area (Å²) in [7, 11) is 2.76. The third-order valence-corrected chi connectivity index (χ3v) is 5.37. The van der Waals surface area contributed by atoms with Crippen LogP contribution >= 0.6 is 21.6 Å². The molecule has 0 aliphatic carbocycles. The number of benzene rings is 1. The van der Waals surface area contributed by atoms with E-state index < -0.39 is 11.1 Å². The number of non-ortho nitro benzene ring substituents is 1. The number of nitro benzene ring substituents is 1. The highest BCUT2D eigenvalue weighted by atomic mass is 33.1. The van der Waals surface area contributed by atoms with Crippen LogP contribution in [0.5, 0.6) is 0 Å². The lowest BCUT2D eigenvalue weighted by molar-refractivity contribution is -0.384. The molecule has 0 aliphatic rings. The molecule has 2 rings (SSSR count). The minimum Gasteiger partial charge on any atom is -0.450 e. The average molecular weight is 352 g/mol. The minimum absolute atomic E-state index is 0.0194. The van der Waals surface area contributed by atoms with Crippen molar-refractivity contribution < 1.29 is 19.6 Å². The Morgan fingerprint density at radius 1 is 1.30 bits per heavy atom. The molecule has 0 spiro atoms. The number of aromatic nitrogens is 1. The largest absolute Gasteiger partial charge is 0.505 e. The molecule has 23 heavy (non-hydrogen) atoms. The number of ether oxygens (including phenoxy) is 1. The van der Waals surface area contributed by atoms with Crippen LogP contribution in [-0.2, 0) is 4.74 Å². The highest BCUT2D eigenvalue weighted by Crippen LogP contribution is 2.42. The number of carboxylic acid groups (broad SMARTS) is 1. The molecule has 1 N–H and O–H groups in total. The van der Waals surface area contributed by atoms with Crippen molar-refractivity contribution in [1.29, 1.82) is 0 Å². The first-order chi connectivity index (χ1) is 11.1. The Labute approximate surface area is 139 Å². The summed E-state index contributed by atoms with van der Waals surface area (Å²) in [5.41, 5.74) is 0.722. The SMILES string of the molecule is O=C(O)OCC(SSc1ccccn1)c1ccc([N+](=O)[O-])cc1. The second kappa shape index (κ2) is 8.39. The molecule has 0 aliphatic heterocycles. The molecule has 1 aromatic heterocycles. The van der Waals surface area contributed by atoms with Gasteiger partial charge in [-0.2, -0.15) is 0 Å². The van der Waals surface area contributed by atoms with Crippen molar-refractivity contribution in [3.63, 3.8) is 0 Å². The van der Waals surface area contributed by atoms with Crippen molar-refractivity contribution in [2.75, 3.05) is 6.61 Å². The summed E-state index contributed by atoms with van der Waals surface area (Å²) in [6.07, 6.45) is 0.303. The first-order valence-corrected chi connectivity index (χ1v) is 8.62. The van der Waals surface area contributed by atoms with E-state index in [1.165, 1.54) is 33.7 Å². The number of nitro groups is 1. The summed E-state index contributed by atoms with van der Waals surface area (Å²) in [5.74, 6) is 0. The fourth-order valence-electron chi connectivity index (χ4n) is 1.64. The standard InChI is InChI=1S/C14H12N2O5S2/c17-14(18)21-9-12(22-23-13-3-1-2-8-15-13)10-4-6-11(7-5-10)16(19)20/h1-8,12H,9H2,(H,17,18). The van der Waals surface area contributed by atoms with Gasteiger partial charge < -0.3 is 9.84 Å². The highest BCUT2D eigenvalue weighted by Gasteiger charge is 2.17. The Hall–Kier alpha value is -2.26. The molecule has 120 valence electrons. The van der Waals surface area contributed by atoms with Gasteiger partial charge in [0.1, 0.15) is 11.6 Å². The van der Waals surface area contributed by atoms with Gasteiger partial charge in [0.15, 0.2) is 0 Å². The molecule has 0 fully saturated rings. The van der Waals surface area contributed by atoms with E-state index in [1.54, 1.807) is 24.4 Å².